The van der Waals surface area contributed by atoms with E-state index in [-0.39, 0.29) is 13.0 Å². The summed E-state index contributed by atoms with van der Waals surface area (Å²) in [6.07, 6.45) is 0.114. The number of amides is 2. The standard InChI is InChI=1S/C11H17NO5/c1-6-7(2)10(14)12(9(6)13)8(11(15)16)4-5-17-3/h6-8H,4-5H2,1-3H3,(H,15,16). The van der Waals surface area contributed by atoms with Crippen molar-refractivity contribution >= 4 is 17.8 Å². The van der Waals surface area contributed by atoms with Gasteiger partial charge in [-0.1, -0.05) is 13.8 Å². The van der Waals surface area contributed by atoms with Crippen molar-refractivity contribution in [2.45, 2.75) is 26.3 Å². The molecule has 1 aliphatic rings. The normalized spacial score (nSPS) is 26.4. The van der Waals surface area contributed by atoms with Gasteiger partial charge in [-0.2, -0.15) is 0 Å². The van der Waals surface area contributed by atoms with Crippen LogP contribution in [0.3, 0.4) is 0 Å². The van der Waals surface area contributed by atoms with Gasteiger partial charge in [0.05, 0.1) is 0 Å². The lowest BCUT2D eigenvalue weighted by molar-refractivity contribution is -0.155. The number of hydrogen-bond donors (Lipinski definition) is 1. The molecule has 0 aliphatic carbocycles. The third kappa shape index (κ3) is 2.46. The molecular formula is C11H17NO5. The number of hydrogen-bond acceptors (Lipinski definition) is 4. The fraction of sp³-hybridized carbons (Fsp3) is 0.727. The van der Waals surface area contributed by atoms with Gasteiger partial charge in [-0.25, -0.2) is 4.79 Å². The zero-order valence-corrected chi connectivity index (χ0v) is 10.2. The predicted octanol–water partition coefficient (Wildman–Crippen LogP) is 0.117. The fourth-order valence-electron chi connectivity index (χ4n) is 1.87. The summed E-state index contributed by atoms with van der Waals surface area (Å²) in [7, 11) is 1.44. The van der Waals surface area contributed by atoms with Crippen molar-refractivity contribution in [1.82, 2.24) is 4.90 Å². The Labute approximate surface area is 99.5 Å². The van der Waals surface area contributed by atoms with E-state index in [1.165, 1.54) is 7.11 Å². The predicted molar refractivity (Wildman–Crippen MR) is 58.1 cm³/mol. The van der Waals surface area contributed by atoms with Crippen molar-refractivity contribution in [2.24, 2.45) is 11.8 Å². The number of carbonyl (C=O) groups excluding carboxylic acids is 2. The van der Waals surface area contributed by atoms with Crippen LogP contribution in [0.5, 0.6) is 0 Å². The Bertz CT molecular complexity index is 321. The molecule has 1 rings (SSSR count). The minimum Gasteiger partial charge on any atom is -0.480 e. The van der Waals surface area contributed by atoms with Crippen LogP contribution in [-0.2, 0) is 19.1 Å². The summed E-state index contributed by atoms with van der Waals surface area (Å²) in [4.78, 5) is 35.6. The summed E-state index contributed by atoms with van der Waals surface area (Å²) in [5, 5.41) is 9.07. The molecular weight excluding hydrogens is 226 g/mol. The third-order valence-corrected chi connectivity index (χ3v) is 3.20. The number of nitrogens with zero attached hydrogens (tertiary/aromatic N) is 1. The highest BCUT2D eigenvalue weighted by Gasteiger charge is 2.47. The molecule has 17 heavy (non-hydrogen) atoms. The third-order valence-electron chi connectivity index (χ3n) is 3.20. The van der Waals surface area contributed by atoms with Gasteiger partial charge in [-0.3, -0.25) is 14.5 Å². The van der Waals surface area contributed by atoms with E-state index in [9.17, 15) is 14.4 Å². The number of aliphatic carboxylic acids is 1. The Hall–Kier alpha value is -1.43. The Kier molecular flexibility index (Phi) is 4.22. The number of imide groups is 1. The maximum Gasteiger partial charge on any atom is 0.327 e. The Morgan fingerprint density at radius 3 is 2.18 bits per heavy atom. The van der Waals surface area contributed by atoms with E-state index in [0.717, 1.165) is 4.90 Å². The minimum absolute atomic E-state index is 0.114. The van der Waals surface area contributed by atoms with Crippen LogP contribution in [0, 0.1) is 11.8 Å². The molecule has 3 atom stereocenters. The maximum absolute atomic E-state index is 11.8. The monoisotopic (exact) mass is 243 g/mol. The molecule has 1 N–H and O–H groups in total. The van der Waals surface area contributed by atoms with E-state index in [1.807, 2.05) is 0 Å². The van der Waals surface area contributed by atoms with Gasteiger partial charge >= 0.3 is 5.97 Å². The summed E-state index contributed by atoms with van der Waals surface area (Å²) >= 11 is 0. The molecule has 0 aromatic carbocycles. The maximum atomic E-state index is 11.8. The molecule has 1 aliphatic heterocycles. The highest BCUT2D eigenvalue weighted by Crippen LogP contribution is 2.28. The van der Waals surface area contributed by atoms with E-state index >= 15 is 0 Å². The van der Waals surface area contributed by atoms with Crippen LogP contribution in [-0.4, -0.2) is 47.5 Å². The molecule has 0 saturated carbocycles. The van der Waals surface area contributed by atoms with E-state index in [2.05, 4.69) is 0 Å². The van der Waals surface area contributed by atoms with Crippen molar-refractivity contribution in [1.29, 1.82) is 0 Å². The summed E-state index contributed by atoms with van der Waals surface area (Å²) in [6.45, 7) is 3.47. The van der Waals surface area contributed by atoms with Crippen molar-refractivity contribution < 1.29 is 24.2 Å². The first-order chi connectivity index (χ1) is 7.91. The van der Waals surface area contributed by atoms with E-state index in [4.69, 9.17) is 9.84 Å². The largest absolute Gasteiger partial charge is 0.480 e. The van der Waals surface area contributed by atoms with Crippen molar-refractivity contribution in [2.75, 3.05) is 13.7 Å². The lowest BCUT2D eigenvalue weighted by atomic mass is 10.00. The number of carbonyl (C=O) groups is 3. The second-order valence-electron chi connectivity index (χ2n) is 4.26. The Morgan fingerprint density at radius 2 is 1.82 bits per heavy atom. The zero-order valence-electron chi connectivity index (χ0n) is 10.2. The molecule has 1 saturated heterocycles. The lowest BCUT2D eigenvalue weighted by Crippen LogP contribution is -2.46. The van der Waals surface area contributed by atoms with Crippen LogP contribution in [0.2, 0.25) is 0 Å². The number of ether oxygens (including phenoxy) is 1. The number of carboxylic acid groups (broad SMARTS) is 1. The molecule has 1 heterocycles. The number of likely N-dealkylation sites (tertiary alicyclic amines) is 1. The van der Waals surface area contributed by atoms with Gasteiger partial charge in [0.15, 0.2) is 0 Å². The summed E-state index contributed by atoms with van der Waals surface area (Å²) < 4.78 is 4.79. The molecule has 0 bridgehead atoms. The van der Waals surface area contributed by atoms with E-state index in [0.29, 0.717) is 0 Å². The molecule has 0 radical (unpaired) electrons. The first-order valence-electron chi connectivity index (χ1n) is 5.50. The fourth-order valence-corrected chi connectivity index (χ4v) is 1.87. The van der Waals surface area contributed by atoms with Gasteiger partial charge in [-0.05, 0) is 0 Å². The average molecular weight is 243 g/mol. The summed E-state index contributed by atoms with van der Waals surface area (Å²) in [5.74, 6) is -2.90. The van der Waals surface area contributed by atoms with Gasteiger partial charge in [0, 0.05) is 32.0 Å². The molecule has 1 fully saturated rings. The van der Waals surface area contributed by atoms with Gasteiger partial charge in [0.25, 0.3) is 0 Å². The van der Waals surface area contributed by atoms with Crippen LogP contribution in [0.4, 0.5) is 0 Å². The first kappa shape index (κ1) is 13.6. The average Bonchev–Trinajstić information content (AvgIpc) is 2.46. The number of methoxy groups -OCH3 is 1. The molecule has 96 valence electrons. The Morgan fingerprint density at radius 1 is 1.35 bits per heavy atom. The van der Waals surface area contributed by atoms with Gasteiger partial charge < -0.3 is 9.84 Å². The molecule has 6 heteroatoms. The number of carboxylic acids is 1. The highest BCUT2D eigenvalue weighted by molar-refractivity contribution is 6.07. The molecule has 2 amide bonds. The number of rotatable bonds is 5. The van der Waals surface area contributed by atoms with Crippen molar-refractivity contribution in [3.8, 4) is 0 Å². The van der Waals surface area contributed by atoms with Gasteiger partial charge in [0.1, 0.15) is 6.04 Å². The molecule has 3 unspecified atom stereocenters. The topological polar surface area (TPSA) is 83.9 Å². The molecule has 0 spiro atoms. The summed E-state index contributed by atoms with van der Waals surface area (Å²) in [6, 6.07) is -1.12. The van der Waals surface area contributed by atoms with E-state index < -0.39 is 35.7 Å². The first-order valence-corrected chi connectivity index (χ1v) is 5.50. The van der Waals surface area contributed by atoms with Crippen LogP contribution in [0.25, 0.3) is 0 Å². The lowest BCUT2D eigenvalue weighted by Gasteiger charge is -2.22. The smallest absolute Gasteiger partial charge is 0.327 e. The van der Waals surface area contributed by atoms with Gasteiger partial charge in [-0.15, -0.1) is 0 Å². The van der Waals surface area contributed by atoms with Crippen molar-refractivity contribution in [3.05, 3.63) is 0 Å². The van der Waals surface area contributed by atoms with Crippen LogP contribution in [0.15, 0.2) is 0 Å². The second-order valence-corrected chi connectivity index (χ2v) is 4.26. The van der Waals surface area contributed by atoms with Crippen LogP contribution in [0.1, 0.15) is 20.3 Å². The second kappa shape index (κ2) is 5.27. The molecule has 0 aromatic heterocycles. The zero-order chi connectivity index (χ0) is 13.2. The minimum atomic E-state index is -1.18. The Balaban J connectivity index is 2.91. The van der Waals surface area contributed by atoms with E-state index in [1.54, 1.807) is 13.8 Å². The quantitative estimate of drug-likeness (QED) is 0.693. The van der Waals surface area contributed by atoms with Crippen molar-refractivity contribution in [3.63, 3.8) is 0 Å². The SMILES string of the molecule is COCCC(C(=O)O)N1C(=O)C(C)C(C)C1=O. The van der Waals surface area contributed by atoms with Crippen LogP contribution < -0.4 is 0 Å². The molecule has 6 nitrogen and oxygen atoms in total. The highest BCUT2D eigenvalue weighted by atomic mass is 16.5. The molecule has 0 aromatic rings. The van der Waals surface area contributed by atoms with Crippen LogP contribution >= 0.6 is 0 Å². The van der Waals surface area contributed by atoms with Gasteiger partial charge in [0.2, 0.25) is 11.8 Å². The summed E-state index contributed by atoms with van der Waals surface area (Å²) in [5.41, 5.74) is 0.